The maximum Gasteiger partial charge on any atom is 0.195 e. The molecule has 6 heteroatoms. The van der Waals surface area contributed by atoms with E-state index in [9.17, 15) is 0 Å². The fourth-order valence-corrected chi connectivity index (χ4v) is 5.77. The summed E-state index contributed by atoms with van der Waals surface area (Å²) in [5.74, 6) is 2.91. The Hall–Kier alpha value is -2.86. The average molecular weight is 403 g/mol. The average Bonchev–Trinajstić information content (AvgIpc) is 3.51. The van der Waals surface area contributed by atoms with E-state index in [1.54, 1.807) is 6.26 Å². The standard InChI is InChI=1S/C23H22N4OS/c1-2-6-16(7-3-1)21-24-22(20-17-8-4-9-18(17)29-23(20)25-21)27-13-11-26(12-14-27)19-10-5-15-28-19/h1-3,5-7,10,15H,4,8-9,11-14H2. The number of piperazine rings is 1. The molecule has 1 aromatic carbocycles. The maximum absolute atomic E-state index is 5.59. The SMILES string of the molecule is c1ccc(-c2nc(N3CCN(c4ccco4)CC3)c3c4c(sc3n2)CCC4)cc1. The molecule has 6 rings (SSSR count). The van der Waals surface area contributed by atoms with Crippen molar-refractivity contribution in [3.63, 3.8) is 0 Å². The molecule has 1 aliphatic heterocycles. The number of aryl methyl sites for hydroxylation is 2. The second-order valence-corrected chi connectivity index (χ2v) is 8.78. The van der Waals surface area contributed by atoms with Crippen LogP contribution in [0.25, 0.3) is 21.6 Å². The number of hydrogen-bond acceptors (Lipinski definition) is 6. The van der Waals surface area contributed by atoms with Crippen molar-refractivity contribution in [3.8, 4) is 11.4 Å². The number of furan rings is 1. The molecule has 1 aliphatic carbocycles. The first kappa shape index (κ1) is 17.0. The van der Waals surface area contributed by atoms with Gasteiger partial charge in [0.25, 0.3) is 0 Å². The first-order valence-electron chi connectivity index (χ1n) is 10.3. The van der Waals surface area contributed by atoms with Crippen LogP contribution in [0.1, 0.15) is 16.9 Å². The van der Waals surface area contributed by atoms with E-state index in [0.717, 1.165) is 60.5 Å². The number of hydrogen-bond donors (Lipinski definition) is 0. The molecule has 0 saturated carbocycles. The number of anilines is 2. The smallest absolute Gasteiger partial charge is 0.195 e. The van der Waals surface area contributed by atoms with Gasteiger partial charge in [-0.3, -0.25) is 0 Å². The van der Waals surface area contributed by atoms with Crippen LogP contribution in [-0.4, -0.2) is 36.1 Å². The van der Waals surface area contributed by atoms with E-state index in [1.807, 2.05) is 29.5 Å². The van der Waals surface area contributed by atoms with Crippen molar-refractivity contribution in [2.75, 3.05) is 36.0 Å². The maximum atomic E-state index is 5.59. The van der Waals surface area contributed by atoms with Crippen LogP contribution in [0.4, 0.5) is 11.7 Å². The van der Waals surface area contributed by atoms with Crippen molar-refractivity contribution in [1.29, 1.82) is 0 Å². The lowest BCUT2D eigenvalue weighted by molar-refractivity contribution is 0.525. The lowest BCUT2D eigenvalue weighted by atomic mass is 10.1. The van der Waals surface area contributed by atoms with Crippen LogP contribution >= 0.6 is 11.3 Å². The van der Waals surface area contributed by atoms with Crippen LogP contribution in [0.3, 0.4) is 0 Å². The number of fused-ring (bicyclic) bond motifs is 3. The Morgan fingerprint density at radius 2 is 1.69 bits per heavy atom. The summed E-state index contributed by atoms with van der Waals surface area (Å²) in [5.41, 5.74) is 2.58. The first-order chi connectivity index (χ1) is 14.4. The van der Waals surface area contributed by atoms with Crippen LogP contribution in [0.2, 0.25) is 0 Å². The largest absolute Gasteiger partial charge is 0.449 e. The van der Waals surface area contributed by atoms with Crippen molar-refractivity contribution >= 4 is 33.3 Å². The minimum Gasteiger partial charge on any atom is -0.449 e. The third-order valence-electron chi connectivity index (χ3n) is 5.97. The fraction of sp³-hybridized carbons (Fsp3) is 0.304. The Balaban J connectivity index is 1.41. The van der Waals surface area contributed by atoms with Crippen LogP contribution in [0.5, 0.6) is 0 Å². The molecule has 0 amide bonds. The van der Waals surface area contributed by atoms with Gasteiger partial charge in [0.05, 0.1) is 11.6 Å². The molecular weight excluding hydrogens is 380 g/mol. The number of nitrogens with zero attached hydrogens (tertiary/aromatic N) is 4. The minimum atomic E-state index is 0.835. The second-order valence-electron chi connectivity index (χ2n) is 7.70. The molecule has 5 nitrogen and oxygen atoms in total. The summed E-state index contributed by atoms with van der Waals surface area (Å²) < 4.78 is 5.59. The fourth-order valence-electron chi connectivity index (χ4n) is 4.51. The quantitative estimate of drug-likeness (QED) is 0.494. The predicted molar refractivity (Wildman–Crippen MR) is 118 cm³/mol. The van der Waals surface area contributed by atoms with E-state index in [1.165, 1.54) is 28.7 Å². The summed E-state index contributed by atoms with van der Waals surface area (Å²) in [6.45, 7) is 3.75. The minimum absolute atomic E-state index is 0.835. The zero-order chi connectivity index (χ0) is 19.2. The molecule has 0 N–H and O–H groups in total. The molecule has 0 unspecified atom stereocenters. The Labute approximate surface area is 173 Å². The molecule has 1 saturated heterocycles. The summed E-state index contributed by atoms with van der Waals surface area (Å²) in [5, 5.41) is 1.30. The van der Waals surface area contributed by atoms with Gasteiger partial charge in [-0.15, -0.1) is 11.3 Å². The number of benzene rings is 1. The van der Waals surface area contributed by atoms with Crippen molar-refractivity contribution in [2.45, 2.75) is 19.3 Å². The van der Waals surface area contributed by atoms with E-state index in [2.05, 4.69) is 34.1 Å². The molecule has 0 atom stereocenters. The van der Waals surface area contributed by atoms with Crippen molar-refractivity contribution in [3.05, 3.63) is 59.2 Å². The zero-order valence-corrected chi connectivity index (χ0v) is 17.0. The highest BCUT2D eigenvalue weighted by molar-refractivity contribution is 7.19. The molecule has 29 heavy (non-hydrogen) atoms. The van der Waals surface area contributed by atoms with Crippen molar-refractivity contribution in [2.24, 2.45) is 0 Å². The van der Waals surface area contributed by atoms with E-state index in [-0.39, 0.29) is 0 Å². The third kappa shape index (κ3) is 2.90. The van der Waals surface area contributed by atoms with Crippen LogP contribution < -0.4 is 9.80 Å². The normalized spacial score (nSPS) is 16.6. The van der Waals surface area contributed by atoms with Gasteiger partial charge in [0.1, 0.15) is 10.6 Å². The van der Waals surface area contributed by atoms with Gasteiger partial charge in [0.2, 0.25) is 0 Å². The molecule has 0 spiro atoms. The topological polar surface area (TPSA) is 45.4 Å². The highest BCUT2D eigenvalue weighted by atomic mass is 32.1. The van der Waals surface area contributed by atoms with Gasteiger partial charge in [0.15, 0.2) is 11.7 Å². The highest BCUT2D eigenvalue weighted by Gasteiger charge is 2.27. The summed E-state index contributed by atoms with van der Waals surface area (Å²) in [6, 6.07) is 14.3. The van der Waals surface area contributed by atoms with E-state index >= 15 is 0 Å². The molecule has 4 aromatic rings. The highest BCUT2D eigenvalue weighted by Crippen LogP contribution is 2.41. The summed E-state index contributed by atoms with van der Waals surface area (Å²) in [4.78, 5) is 17.5. The molecule has 146 valence electrons. The number of thiophene rings is 1. The first-order valence-corrected chi connectivity index (χ1v) is 11.1. The Bertz CT molecular complexity index is 1140. The van der Waals surface area contributed by atoms with Gasteiger partial charge in [-0.05, 0) is 30.9 Å². The zero-order valence-electron chi connectivity index (χ0n) is 16.2. The Kier molecular flexibility index (Phi) is 4.04. The number of aromatic nitrogens is 2. The van der Waals surface area contributed by atoms with Gasteiger partial charge >= 0.3 is 0 Å². The van der Waals surface area contributed by atoms with Crippen molar-refractivity contribution in [1.82, 2.24) is 9.97 Å². The summed E-state index contributed by atoms with van der Waals surface area (Å²) in [7, 11) is 0. The van der Waals surface area contributed by atoms with E-state index < -0.39 is 0 Å². The summed E-state index contributed by atoms with van der Waals surface area (Å²) >= 11 is 1.87. The van der Waals surface area contributed by atoms with Gasteiger partial charge in [0, 0.05) is 42.7 Å². The van der Waals surface area contributed by atoms with Gasteiger partial charge in [-0.25, -0.2) is 9.97 Å². The van der Waals surface area contributed by atoms with Crippen LogP contribution in [0.15, 0.2) is 53.1 Å². The van der Waals surface area contributed by atoms with E-state index in [0.29, 0.717) is 0 Å². The number of rotatable bonds is 3. The lowest BCUT2D eigenvalue weighted by Gasteiger charge is -2.35. The lowest BCUT2D eigenvalue weighted by Crippen LogP contribution is -2.46. The molecule has 0 radical (unpaired) electrons. The second kappa shape index (κ2) is 6.88. The predicted octanol–water partition coefficient (Wildman–Crippen LogP) is 4.77. The molecule has 2 aliphatic rings. The van der Waals surface area contributed by atoms with E-state index in [4.69, 9.17) is 14.4 Å². The third-order valence-corrected chi connectivity index (χ3v) is 7.16. The molecule has 4 heterocycles. The summed E-state index contributed by atoms with van der Waals surface area (Å²) in [6.07, 6.45) is 5.34. The van der Waals surface area contributed by atoms with Gasteiger partial charge in [-0.1, -0.05) is 30.3 Å². The molecule has 0 bridgehead atoms. The van der Waals surface area contributed by atoms with Crippen LogP contribution in [0, 0.1) is 0 Å². The molecular formula is C23H22N4OS. The Morgan fingerprint density at radius 3 is 2.48 bits per heavy atom. The Morgan fingerprint density at radius 1 is 0.862 bits per heavy atom. The monoisotopic (exact) mass is 402 g/mol. The molecule has 3 aromatic heterocycles. The molecule has 1 fully saturated rings. The van der Waals surface area contributed by atoms with Crippen molar-refractivity contribution < 1.29 is 4.42 Å². The van der Waals surface area contributed by atoms with Gasteiger partial charge < -0.3 is 14.2 Å². The van der Waals surface area contributed by atoms with Crippen LogP contribution in [-0.2, 0) is 12.8 Å². The van der Waals surface area contributed by atoms with Gasteiger partial charge in [-0.2, -0.15) is 0 Å².